The third-order valence-electron chi connectivity index (χ3n) is 4.62. The van der Waals surface area contributed by atoms with E-state index < -0.39 is 0 Å². The molecule has 112 valence electrons. The fraction of sp³-hybridized carbons (Fsp3) is 0.667. The summed E-state index contributed by atoms with van der Waals surface area (Å²) in [7, 11) is 0. The van der Waals surface area contributed by atoms with Crippen molar-refractivity contribution < 1.29 is 4.74 Å². The van der Waals surface area contributed by atoms with Gasteiger partial charge in [-0.3, -0.25) is 0 Å². The third kappa shape index (κ3) is 3.76. The van der Waals surface area contributed by atoms with Gasteiger partial charge in [0.1, 0.15) is 5.75 Å². The monoisotopic (exact) mass is 275 g/mol. The first-order chi connectivity index (χ1) is 9.61. The Bertz CT molecular complexity index is 408. The highest BCUT2D eigenvalue weighted by atomic mass is 16.5. The highest BCUT2D eigenvalue weighted by molar-refractivity contribution is 5.36. The molecule has 0 radical (unpaired) electrons. The number of nitrogens with two attached hydrogens (primary N) is 1. The highest BCUT2D eigenvalue weighted by Crippen LogP contribution is 2.39. The molecule has 0 spiro atoms. The zero-order valence-electron chi connectivity index (χ0n) is 13.1. The van der Waals surface area contributed by atoms with Crippen molar-refractivity contribution in [3.8, 4) is 5.75 Å². The maximum Gasteiger partial charge on any atom is 0.124 e. The Morgan fingerprint density at radius 1 is 1.15 bits per heavy atom. The van der Waals surface area contributed by atoms with Crippen LogP contribution in [0, 0.1) is 11.8 Å². The molecule has 0 heterocycles. The van der Waals surface area contributed by atoms with Crippen LogP contribution in [0.4, 0.5) is 0 Å². The van der Waals surface area contributed by atoms with Gasteiger partial charge in [-0.2, -0.15) is 0 Å². The molecule has 2 nitrogen and oxygen atoms in total. The molecule has 1 fully saturated rings. The van der Waals surface area contributed by atoms with E-state index in [0.717, 1.165) is 11.7 Å². The number of hydrogen-bond acceptors (Lipinski definition) is 2. The Morgan fingerprint density at radius 2 is 1.80 bits per heavy atom. The summed E-state index contributed by atoms with van der Waals surface area (Å²) in [6, 6.07) is 8.39. The highest BCUT2D eigenvalue weighted by Gasteiger charge is 2.27. The van der Waals surface area contributed by atoms with Crippen LogP contribution in [0.25, 0.3) is 0 Å². The summed E-state index contributed by atoms with van der Waals surface area (Å²) >= 11 is 0. The van der Waals surface area contributed by atoms with Crippen LogP contribution in [0.1, 0.15) is 64.5 Å². The molecule has 1 unspecified atom stereocenters. The van der Waals surface area contributed by atoms with Crippen molar-refractivity contribution in [2.45, 2.75) is 65.0 Å². The summed E-state index contributed by atoms with van der Waals surface area (Å²) in [6.07, 6.45) is 6.70. The number of ether oxygens (including phenoxy) is 1. The van der Waals surface area contributed by atoms with E-state index in [2.05, 4.69) is 32.9 Å². The van der Waals surface area contributed by atoms with E-state index in [0.29, 0.717) is 5.92 Å². The number of rotatable bonds is 5. The van der Waals surface area contributed by atoms with Crippen LogP contribution in [-0.2, 0) is 0 Å². The molecular formula is C18H29NO. The molecule has 1 atom stereocenters. The van der Waals surface area contributed by atoms with E-state index >= 15 is 0 Å². The molecule has 2 rings (SSSR count). The minimum atomic E-state index is 0.114. The second-order valence-electron chi connectivity index (χ2n) is 6.42. The quantitative estimate of drug-likeness (QED) is 0.846. The number of para-hydroxylation sites is 1. The van der Waals surface area contributed by atoms with Crippen LogP contribution in [0.5, 0.6) is 5.75 Å². The first-order valence-electron chi connectivity index (χ1n) is 8.13. The fourth-order valence-electron chi connectivity index (χ4n) is 3.33. The van der Waals surface area contributed by atoms with E-state index in [9.17, 15) is 0 Å². The van der Waals surface area contributed by atoms with Gasteiger partial charge in [0.25, 0.3) is 0 Å². The summed E-state index contributed by atoms with van der Waals surface area (Å²) in [5.74, 6) is 2.49. The molecule has 1 saturated carbocycles. The van der Waals surface area contributed by atoms with Crippen LogP contribution < -0.4 is 10.5 Å². The Balaban J connectivity index is 2.07. The molecule has 20 heavy (non-hydrogen) atoms. The van der Waals surface area contributed by atoms with Crippen molar-refractivity contribution in [1.29, 1.82) is 0 Å². The van der Waals surface area contributed by atoms with Gasteiger partial charge in [0.15, 0.2) is 0 Å². The molecule has 0 bridgehead atoms. The second-order valence-corrected chi connectivity index (χ2v) is 6.42. The molecule has 0 aliphatic heterocycles. The maximum atomic E-state index is 6.55. The average Bonchev–Trinajstić information content (AvgIpc) is 2.46. The van der Waals surface area contributed by atoms with Gasteiger partial charge in [-0.25, -0.2) is 0 Å². The molecule has 1 aromatic rings. The van der Waals surface area contributed by atoms with Crippen LogP contribution in [0.2, 0.25) is 0 Å². The molecule has 2 N–H and O–H groups in total. The normalized spacial score (nSPS) is 24.6. The van der Waals surface area contributed by atoms with E-state index in [4.69, 9.17) is 10.5 Å². The summed E-state index contributed by atoms with van der Waals surface area (Å²) in [5, 5.41) is 0. The minimum Gasteiger partial charge on any atom is -0.491 e. The van der Waals surface area contributed by atoms with Crippen molar-refractivity contribution in [1.82, 2.24) is 0 Å². The van der Waals surface area contributed by atoms with Gasteiger partial charge in [0, 0.05) is 11.6 Å². The molecule has 0 saturated heterocycles. The summed E-state index contributed by atoms with van der Waals surface area (Å²) < 4.78 is 5.92. The van der Waals surface area contributed by atoms with Gasteiger partial charge in [-0.1, -0.05) is 44.4 Å². The molecule has 1 aliphatic carbocycles. The Kier molecular flexibility index (Phi) is 5.47. The zero-order valence-corrected chi connectivity index (χ0v) is 13.1. The predicted molar refractivity (Wildman–Crippen MR) is 84.9 cm³/mol. The third-order valence-corrected chi connectivity index (χ3v) is 4.62. The lowest BCUT2D eigenvalue weighted by Gasteiger charge is -2.32. The van der Waals surface area contributed by atoms with E-state index in [1.54, 1.807) is 0 Å². The van der Waals surface area contributed by atoms with Gasteiger partial charge in [-0.15, -0.1) is 0 Å². The number of hydrogen-bond donors (Lipinski definition) is 1. The van der Waals surface area contributed by atoms with Gasteiger partial charge in [0.05, 0.1) is 6.10 Å². The van der Waals surface area contributed by atoms with Gasteiger partial charge in [0.2, 0.25) is 0 Å². The second kappa shape index (κ2) is 7.12. The van der Waals surface area contributed by atoms with Gasteiger partial charge in [-0.05, 0) is 44.6 Å². The molecule has 1 aromatic carbocycles. The smallest absolute Gasteiger partial charge is 0.124 e. The average molecular weight is 275 g/mol. The van der Waals surface area contributed by atoms with Crippen molar-refractivity contribution in [3.63, 3.8) is 0 Å². The first kappa shape index (κ1) is 15.4. The largest absolute Gasteiger partial charge is 0.491 e. The van der Waals surface area contributed by atoms with Gasteiger partial charge >= 0.3 is 0 Å². The molecule has 0 amide bonds. The summed E-state index contributed by atoms with van der Waals surface area (Å²) in [4.78, 5) is 0. The van der Waals surface area contributed by atoms with Crippen molar-refractivity contribution >= 4 is 0 Å². The molecule has 1 aliphatic rings. The van der Waals surface area contributed by atoms with Crippen molar-refractivity contribution in [2.24, 2.45) is 17.6 Å². The number of benzene rings is 1. The minimum absolute atomic E-state index is 0.114. The van der Waals surface area contributed by atoms with Crippen LogP contribution >= 0.6 is 0 Å². The Morgan fingerprint density at radius 3 is 2.40 bits per heavy atom. The summed E-state index contributed by atoms with van der Waals surface area (Å²) in [6.45, 7) is 6.43. The van der Waals surface area contributed by atoms with Crippen LogP contribution in [0.3, 0.4) is 0 Å². The molecule has 2 heteroatoms. The lowest BCUT2D eigenvalue weighted by molar-refractivity contribution is 0.220. The van der Waals surface area contributed by atoms with Crippen LogP contribution in [-0.4, -0.2) is 6.10 Å². The SMILES string of the molecule is CCC1CCC(C(N)c2ccccc2OC(C)C)CC1. The van der Waals surface area contributed by atoms with E-state index in [1.165, 1.54) is 37.7 Å². The van der Waals surface area contributed by atoms with E-state index in [-0.39, 0.29) is 12.1 Å². The topological polar surface area (TPSA) is 35.2 Å². The fourth-order valence-corrected chi connectivity index (χ4v) is 3.33. The van der Waals surface area contributed by atoms with Crippen molar-refractivity contribution in [2.75, 3.05) is 0 Å². The lowest BCUT2D eigenvalue weighted by Crippen LogP contribution is -2.26. The lowest BCUT2D eigenvalue weighted by atomic mass is 9.76. The Labute approximate surface area is 123 Å². The van der Waals surface area contributed by atoms with Crippen LogP contribution in [0.15, 0.2) is 24.3 Å². The summed E-state index contributed by atoms with van der Waals surface area (Å²) in [5.41, 5.74) is 7.73. The van der Waals surface area contributed by atoms with E-state index in [1.807, 2.05) is 12.1 Å². The predicted octanol–water partition coefficient (Wildman–Crippen LogP) is 4.69. The first-order valence-corrected chi connectivity index (χ1v) is 8.13. The molecular weight excluding hydrogens is 246 g/mol. The Hall–Kier alpha value is -1.02. The van der Waals surface area contributed by atoms with Gasteiger partial charge < -0.3 is 10.5 Å². The van der Waals surface area contributed by atoms with Crippen molar-refractivity contribution in [3.05, 3.63) is 29.8 Å². The standard InChI is InChI=1S/C18H29NO/c1-4-14-9-11-15(12-10-14)18(19)16-7-5-6-8-17(16)20-13(2)3/h5-8,13-15,18H,4,9-12,19H2,1-3H3. The molecule has 0 aromatic heterocycles. The zero-order chi connectivity index (χ0) is 14.5. The maximum absolute atomic E-state index is 6.55.